The van der Waals surface area contributed by atoms with Gasteiger partial charge in [-0.25, -0.2) is 0 Å². The predicted molar refractivity (Wildman–Crippen MR) is 65.2 cm³/mol. The maximum absolute atomic E-state index is 8.80. The molecule has 0 bridgehead atoms. The molecule has 0 amide bonds. The third-order valence-corrected chi connectivity index (χ3v) is 2.49. The molecule has 2 nitrogen and oxygen atoms in total. The van der Waals surface area contributed by atoms with E-state index in [1.54, 1.807) is 0 Å². The van der Waals surface area contributed by atoms with Crippen LogP contribution in [0, 0.1) is 0 Å². The Morgan fingerprint density at radius 1 is 1.53 bits per heavy atom. The zero-order chi connectivity index (χ0) is 11.3. The molecule has 0 saturated heterocycles. The molecule has 0 spiro atoms. The lowest BCUT2D eigenvalue weighted by Gasteiger charge is -2.09. The summed E-state index contributed by atoms with van der Waals surface area (Å²) in [5.41, 5.74) is 2.08. The zero-order valence-corrected chi connectivity index (χ0v) is 10.4. The summed E-state index contributed by atoms with van der Waals surface area (Å²) in [7, 11) is 0. The molecular formula is C12H15BrO2. The minimum atomic E-state index is 0.165. The van der Waals surface area contributed by atoms with Gasteiger partial charge in [0.05, 0.1) is 4.47 Å². The van der Waals surface area contributed by atoms with E-state index in [-0.39, 0.29) is 6.61 Å². The highest BCUT2D eigenvalue weighted by atomic mass is 79.9. The van der Waals surface area contributed by atoms with Gasteiger partial charge in [0.15, 0.2) is 0 Å². The van der Waals surface area contributed by atoms with Crippen molar-refractivity contribution in [2.75, 3.05) is 13.2 Å². The molecule has 0 heterocycles. The fourth-order valence-electron chi connectivity index (χ4n) is 1.15. The maximum Gasteiger partial charge on any atom is 0.133 e. The Labute approximate surface area is 98.7 Å². The van der Waals surface area contributed by atoms with Crippen molar-refractivity contribution >= 4 is 15.9 Å². The zero-order valence-electron chi connectivity index (χ0n) is 8.79. The van der Waals surface area contributed by atoms with E-state index < -0.39 is 0 Å². The van der Waals surface area contributed by atoms with E-state index in [0.717, 1.165) is 21.4 Å². The Morgan fingerprint density at radius 3 is 2.80 bits per heavy atom. The lowest BCUT2D eigenvalue weighted by atomic mass is 10.1. The number of aliphatic hydroxyl groups excluding tert-OH is 1. The Morgan fingerprint density at radius 2 is 2.27 bits per heavy atom. The van der Waals surface area contributed by atoms with Crippen LogP contribution < -0.4 is 4.74 Å². The summed E-state index contributed by atoms with van der Waals surface area (Å²) in [6, 6.07) is 5.82. The standard InChI is InChI=1S/C12H15BrO2/c1-9(2)8-15-12-4-3-10(5-6-14)7-11(12)13/h3-4,7,14H,1,5-6,8H2,2H3. The van der Waals surface area contributed by atoms with Gasteiger partial charge in [0, 0.05) is 6.61 Å². The summed E-state index contributed by atoms with van der Waals surface area (Å²) in [6.07, 6.45) is 0.666. The Kier molecular flexibility index (Phi) is 4.85. The Balaban J connectivity index is 2.70. The third kappa shape index (κ3) is 4.06. The van der Waals surface area contributed by atoms with Crippen LogP contribution in [0.1, 0.15) is 12.5 Å². The topological polar surface area (TPSA) is 29.5 Å². The molecule has 0 unspecified atom stereocenters. The molecule has 1 N–H and O–H groups in total. The van der Waals surface area contributed by atoms with Crippen LogP contribution in [0.3, 0.4) is 0 Å². The van der Waals surface area contributed by atoms with Crippen molar-refractivity contribution in [3.8, 4) is 5.75 Å². The van der Waals surface area contributed by atoms with Crippen molar-refractivity contribution in [2.45, 2.75) is 13.3 Å². The normalized spacial score (nSPS) is 10.1. The lowest BCUT2D eigenvalue weighted by molar-refractivity contribution is 0.299. The molecule has 0 aliphatic heterocycles. The van der Waals surface area contributed by atoms with Gasteiger partial charge in [0.2, 0.25) is 0 Å². The van der Waals surface area contributed by atoms with Crippen molar-refractivity contribution in [1.29, 1.82) is 0 Å². The van der Waals surface area contributed by atoms with Gasteiger partial charge < -0.3 is 9.84 Å². The van der Waals surface area contributed by atoms with Crippen LogP contribution in [0.15, 0.2) is 34.8 Å². The smallest absolute Gasteiger partial charge is 0.133 e. The van der Waals surface area contributed by atoms with Crippen molar-refractivity contribution in [3.05, 3.63) is 40.4 Å². The highest BCUT2D eigenvalue weighted by molar-refractivity contribution is 9.10. The van der Waals surface area contributed by atoms with Crippen molar-refractivity contribution in [3.63, 3.8) is 0 Å². The number of benzene rings is 1. The fourth-order valence-corrected chi connectivity index (χ4v) is 1.69. The molecule has 15 heavy (non-hydrogen) atoms. The first kappa shape index (κ1) is 12.3. The molecule has 0 aromatic heterocycles. The van der Waals surface area contributed by atoms with E-state index in [2.05, 4.69) is 22.5 Å². The predicted octanol–water partition coefficient (Wildman–Crippen LogP) is 2.94. The van der Waals surface area contributed by atoms with Crippen molar-refractivity contribution < 1.29 is 9.84 Å². The van der Waals surface area contributed by atoms with E-state index in [9.17, 15) is 0 Å². The Hall–Kier alpha value is -0.800. The quantitative estimate of drug-likeness (QED) is 0.834. The van der Waals surface area contributed by atoms with Crippen LogP contribution >= 0.6 is 15.9 Å². The second-order valence-electron chi connectivity index (χ2n) is 3.48. The summed E-state index contributed by atoms with van der Waals surface area (Å²) < 4.78 is 6.43. The second-order valence-corrected chi connectivity index (χ2v) is 4.34. The van der Waals surface area contributed by atoms with Gasteiger partial charge in [-0.05, 0) is 52.5 Å². The monoisotopic (exact) mass is 270 g/mol. The highest BCUT2D eigenvalue weighted by Crippen LogP contribution is 2.26. The van der Waals surface area contributed by atoms with E-state index in [1.807, 2.05) is 25.1 Å². The number of aliphatic hydroxyl groups is 1. The van der Waals surface area contributed by atoms with Gasteiger partial charge in [0.1, 0.15) is 12.4 Å². The maximum atomic E-state index is 8.80. The number of rotatable bonds is 5. The molecule has 0 aliphatic carbocycles. The summed E-state index contributed by atoms with van der Waals surface area (Å²) in [4.78, 5) is 0. The Bertz CT molecular complexity index is 347. The van der Waals surface area contributed by atoms with Gasteiger partial charge in [0.25, 0.3) is 0 Å². The summed E-state index contributed by atoms with van der Waals surface area (Å²) in [5, 5.41) is 8.80. The van der Waals surface area contributed by atoms with Gasteiger partial charge in [-0.15, -0.1) is 0 Å². The van der Waals surface area contributed by atoms with E-state index >= 15 is 0 Å². The van der Waals surface area contributed by atoms with Gasteiger partial charge in [-0.3, -0.25) is 0 Å². The lowest BCUT2D eigenvalue weighted by Crippen LogP contribution is -1.99. The number of ether oxygens (including phenoxy) is 1. The molecular weight excluding hydrogens is 256 g/mol. The summed E-state index contributed by atoms with van der Waals surface area (Å²) in [5.74, 6) is 0.805. The van der Waals surface area contributed by atoms with E-state index in [4.69, 9.17) is 9.84 Å². The second kappa shape index (κ2) is 5.93. The first-order chi connectivity index (χ1) is 7.13. The minimum Gasteiger partial charge on any atom is -0.488 e. The van der Waals surface area contributed by atoms with Crippen molar-refractivity contribution in [1.82, 2.24) is 0 Å². The van der Waals surface area contributed by atoms with Gasteiger partial charge in [-0.1, -0.05) is 12.6 Å². The molecule has 0 saturated carbocycles. The van der Waals surface area contributed by atoms with Crippen LogP contribution in [-0.2, 0) is 6.42 Å². The molecule has 82 valence electrons. The highest BCUT2D eigenvalue weighted by Gasteiger charge is 2.02. The number of hydrogen-bond acceptors (Lipinski definition) is 2. The number of halogens is 1. The molecule has 3 heteroatoms. The average molecular weight is 271 g/mol. The molecule has 0 aliphatic rings. The first-order valence-corrected chi connectivity index (χ1v) is 5.59. The number of hydrogen-bond donors (Lipinski definition) is 1. The van der Waals surface area contributed by atoms with Crippen LogP contribution in [0.25, 0.3) is 0 Å². The van der Waals surface area contributed by atoms with Gasteiger partial charge in [-0.2, -0.15) is 0 Å². The van der Waals surface area contributed by atoms with Crippen LogP contribution in [0.4, 0.5) is 0 Å². The van der Waals surface area contributed by atoms with Gasteiger partial charge >= 0.3 is 0 Å². The van der Waals surface area contributed by atoms with Crippen molar-refractivity contribution in [2.24, 2.45) is 0 Å². The summed E-state index contributed by atoms with van der Waals surface area (Å²) >= 11 is 3.43. The first-order valence-electron chi connectivity index (χ1n) is 4.80. The molecule has 1 aromatic carbocycles. The molecule has 0 fully saturated rings. The van der Waals surface area contributed by atoms with Crippen LogP contribution in [0.5, 0.6) is 5.75 Å². The van der Waals surface area contributed by atoms with E-state index in [1.165, 1.54) is 0 Å². The largest absolute Gasteiger partial charge is 0.488 e. The molecule has 1 rings (SSSR count). The van der Waals surface area contributed by atoms with Crippen LogP contribution in [0.2, 0.25) is 0 Å². The summed E-state index contributed by atoms with van der Waals surface area (Å²) in [6.45, 7) is 6.39. The molecule has 0 radical (unpaired) electrons. The minimum absolute atomic E-state index is 0.165. The third-order valence-electron chi connectivity index (χ3n) is 1.87. The van der Waals surface area contributed by atoms with Crippen LogP contribution in [-0.4, -0.2) is 18.3 Å². The fraction of sp³-hybridized carbons (Fsp3) is 0.333. The van der Waals surface area contributed by atoms with E-state index in [0.29, 0.717) is 13.0 Å². The molecule has 1 aromatic rings. The molecule has 0 atom stereocenters. The average Bonchev–Trinajstić information content (AvgIpc) is 2.17. The SMILES string of the molecule is C=C(C)COc1ccc(CCO)cc1Br.